The van der Waals surface area contributed by atoms with Crippen LogP contribution in [0.4, 0.5) is 0 Å². The molecule has 0 saturated carbocycles. The third-order valence-electron chi connectivity index (χ3n) is 2.56. The Labute approximate surface area is 91.7 Å². The van der Waals surface area contributed by atoms with Crippen LogP contribution < -0.4 is 0 Å². The van der Waals surface area contributed by atoms with Gasteiger partial charge in [0, 0.05) is 5.88 Å². The molecular weight excluding hydrogens is 198 g/mol. The summed E-state index contributed by atoms with van der Waals surface area (Å²) in [6.45, 7) is 11.4. The largest absolute Gasteiger partial charge is 0.478 e. The Balaban J connectivity index is 2.78. The Bertz CT molecular complexity index is 240. The van der Waals surface area contributed by atoms with Crippen molar-refractivity contribution in [3.8, 4) is 0 Å². The van der Waals surface area contributed by atoms with Crippen molar-refractivity contribution in [2.75, 3.05) is 12.5 Å². The number of hydrogen-bond acceptors (Lipinski definition) is 2. The topological polar surface area (TPSA) is 21.6 Å². The number of alkyl halides is 1. The first-order valence-corrected chi connectivity index (χ1v) is 5.58. The fourth-order valence-electron chi connectivity index (χ4n) is 1.24. The molecule has 0 fully saturated rings. The van der Waals surface area contributed by atoms with Gasteiger partial charge in [-0.05, 0) is 19.3 Å². The highest BCUT2D eigenvalue weighted by atomic mass is 35.5. The molecular formula is C11H20ClNO. The maximum absolute atomic E-state index is 5.87. The highest BCUT2D eigenvalue weighted by molar-refractivity contribution is 6.19. The van der Waals surface area contributed by atoms with Crippen molar-refractivity contribution >= 4 is 17.5 Å². The van der Waals surface area contributed by atoms with Crippen molar-refractivity contribution in [2.45, 2.75) is 40.7 Å². The fourth-order valence-corrected chi connectivity index (χ4v) is 1.36. The van der Waals surface area contributed by atoms with E-state index in [0.29, 0.717) is 12.5 Å². The average molecular weight is 218 g/mol. The SMILES string of the molecule is CC(C)(CCl)C1=N[C@H](C(C)(C)C)CO1. The molecule has 82 valence electrons. The van der Waals surface area contributed by atoms with Crippen molar-refractivity contribution < 1.29 is 4.74 Å². The summed E-state index contributed by atoms with van der Waals surface area (Å²) in [6, 6.07) is 0.264. The molecule has 0 spiro atoms. The van der Waals surface area contributed by atoms with Gasteiger partial charge in [-0.25, -0.2) is 4.99 Å². The predicted molar refractivity (Wildman–Crippen MR) is 61.1 cm³/mol. The standard InChI is InChI=1S/C11H20ClNO/c1-10(2,3)8-6-14-9(13-8)11(4,5)7-12/h8H,6-7H2,1-5H3/t8-/m0/s1. The third-order valence-corrected chi connectivity index (χ3v) is 3.23. The molecule has 0 amide bonds. The average Bonchev–Trinajstić information content (AvgIpc) is 2.51. The minimum atomic E-state index is -0.137. The van der Waals surface area contributed by atoms with E-state index < -0.39 is 0 Å². The lowest BCUT2D eigenvalue weighted by Crippen LogP contribution is -2.26. The maximum atomic E-state index is 5.87. The summed E-state index contributed by atoms with van der Waals surface area (Å²) in [5, 5.41) is 0. The smallest absolute Gasteiger partial charge is 0.190 e. The van der Waals surface area contributed by atoms with Crippen molar-refractivity contribution in [3.05, 3.63) is 0 Å². The zero-order chi connectivity index (χ0) is 11.0. The molecule has 0 aliphatic carbocycles. The minimum absolute atomic E-state index is 0.137. The van der Waals surface area contributed by atoms with E-state index in [0.717, 1.165) is 5.90 Å². The van der Waals surface area contributed by atoms with Crippen LogP contribution in [0.15, 0.2) is 4.99 Å². The van der Waals surface area contributed by atoms with Gasteiger partial charge in [-0.15, -0.1) is 11.6 Å². The van der Waals surface area contributed by atoms with E-state index in [2.05, 4.69) is 39.6 Å². The van der Waals surface area contributed by atoms with Gasteiger partial charge in [-0.1, -0.05) is 20.8 Å². The zero-order valence-electron chi connectivity index (χ0n) is 9.72. The molecule has 0 N–H and O–H groups in total. The molecule has 14 heavy (non-hydrogen) atoms. The Kier molecular flexibility index (Phi) is 3.15. The molecule has 1 rings (SSSR count). The van der Waals surface area contributed by atoms with Crippen LogP contribution in [0.2, 0.25) is 0 Å². The van der Waals surface area contributed by atoms with Crippen molar-refractivity contribution in [2.24, 2.45) is 15.8 Å². The number of nitrogens with zero attached hydrogens (tertiary/aromatic N) is 1. The van der Waals surface area contributed by atoms with Gasteiger partial charge in [0.05, 0.1) is 11.5 Å². The van der Waals surface area contributed by atoms with Crippen molar-refractivity contribution in [1.82, 2.24) is 0 Å². The second-order valence-corrected chi connectivity index (χ2v) is 5.91. The second kappa shape index (κ2) is 3.73. The number of rotatable bonds is 2. The molecule has 0 saturated heterocycles. The van der Waals surface area contributed by atoms with E-state index >= 15 is 0 Å². The molecule has 1 heterocycles. The summed E-state index contributed by atoms with van der Waals surface area (Å²) in [4.78, 5) is 4.61. The molecule has 0 aromatic carbocycles. The first kappa shape index (κ1) is 11.8. The van der Waals surface area contributed by atoms with Gasteiger partial charge >= 0.3 is 0 Å². The van der Waals surface area contributed by atoms with Crippen molar-refractivity contribution in [3.63, 3.8) is 0 Å². The van der Waals surface area contributed by atoms with E-state index in [-0.39, 0.29) is 16.9 Å². The predicted octanol–water partition coefficient (Wildman–Crippen LogP) is 3.09. The van der Waals surface area contributed by atoms with Crippen LogP contribution in [-0.4, -0.2) is 24.4 Å². The Morgan fingerprint density at radius 1 is 1.36 bits per heavy atom. The molecule has 0 aromatic rings. The van der Waals surface area contributed by atoms with E-state index in [1.165, 1.54) is 0 Å². The highest BCUT2D eigenvalue weighted by Gasteiger charge is 2.36. The van der Waals surface area contributed by atoms with Gasteiger partial charge in [0.1, 0.15) is 6.61 Å². The Morgan fingerprint density at radius 2 is 1.93 bits per heavy atom. The molecule has 0 unspecified atom stereocenters. The first-order chi connectivity index (χ1) is 6.27. The number of ether oxygens (including phenoxy) is 1. The molecule has 0 aromatic heterocycles. The third kappa shape index (κ3) is 2.41. The van der Waals surface area contributed by atoms with Crippen LogP contribution in [-0.2, 0) is 4.74 Å². The fraction of sp³-hybridized carbons (Fsp3) is 0.909. The summed E-state index contributed by atoms with van der Waals surface area (Å²) in [5.74, 6) is 1.36. The number of halogens is 1. The molecule has 0 bridgehead atoms. The van der Waals surface area contributed by atoms with Crippen LogP contribution in [0.25, 0.3) is 0 Å². The molecule has 3 heteroatoms. The normalized spacial score (nSPS) is 23.3. The Morgan fingerprint density at radius 3 is 2.29 bits per heavy atom. The summed E-state index contributed by atoms with van der Waals surface area (Å²) >= 11 is 5.87. The van der Waals surface area contributed by atoms with E-state index in [9.17, 15) is 0 Å². The lowest BCUT2D eigenvalue weighted by atomic mass is 9.88. The van der Waals surface area contributed by atoms with Gasteiger partial charge in [-0.2, -0.15) is 0 Å². The number of hydrogen-bond donors (Lipinski definition) is 0. The quantitative estimate of drug-likeness (QED) is 0.652. The van der Waals surface area contributed by atoms with Crippen LogP contribution >= 0.6 is 11.6 Å². The molecule has 1 aliphatic heterocycles. The lowest BCUT2D eigenvalue weighted by molar-refractivity contribution is 0.223. The summed E-state index contributed by atoms with van der Waals surface area (Å²) in [5.41, 5.74) is 0.0334. The summed E-state index contributed by atoms with van der Waals surface area (Å²) in [6.07, 6.45) is 0. The monoisotopic (exact) mass is 217 g/mol. The second-order valence-electron chi connectivity index (χ2n) is 5.64. The van der Waals surface area contributed by atoms with E-state index in [1.54, 1.807) is 0 Å². The van der Waals surface area contributed by atoms with Crippen LogP contribution in [0.5, 0.6) is 0 Å². The molecule has 1 aliphatic rings. The molecule has 1 atom stereocenters. The number of aliphatic imine (C=N–C) groups is 1. The van der Waals surface area contributed by atoms with Gasteiger partial charge < -0.3 is 4.74 Å². The van der Waals surface area contributed by atoms with E-state index in [4.69, 9.17) is 16.3 Å². The first-order valence-electron chi connectivity index (χ1n) is 5.04. The zero-order valence-corrected chi connectivity index (χ0v) is 10.5. The van der Waals surface area contributed by atoms with Crippen LogP contribution in [0, 0.1) is 10.8 Å². The molecule has 2 nitrogen and oxygen atoms in total. The van der Waals surface area contributed by atoms with Crippen LogP contribution in [0.3, 0.4) is 0 Å². The van der Waals surface area contributed by atoms with Gasteiger partial charge in [-0.3, -0.25) is 0 Å². The van der Waals surface area contributed by atoms with E-state index in [1.807, 2.05) is 0 Å². The van der Waals surface area contributed by atoms with Gasteiger partial charge in [0.25, 0.3) is 0 Å². The van der Waals surface area contributed by atoms with Gasteiger partial charge in [0.2, 0.25) is 0 Å². The maximum Gasteiger partial charge on any atom is 0.190 e. The minimum Gasteiger partial charge on any atom is -0.478 e. The molecule has 0 radical (unpaired) electrons. The summed E-state index contributed by atoms with van der Waals surface area (Å²) < 4.78 is 5.61. The van der Waals surface area contributed by atoms with Crippen molar-refractivity contribution in [1.29, 1.82) is 0 Å². The van der Waals surface area contributed by atoms with Crippen LogP contribution in [0.1, 0.15) is 34.6 Å². The summed E-state index contributed by atoms with van der Waals surface area (Å²) in [7, 11) is 0. The van der Waals surface area contributed by atoms with Gasteiger partial charge in [0.15, 0.2) is 5.90 Å². The highest BCUT2D eigenvalue weighted by Crippen LogP contribution is 2.31. The Hall–Kier alpha value is -0.240. The lowest BCUT2D eigenvalue weighted by Gasteiger charge is -2.22.